The van der Waals surface area contributed by atoms with Gasteiger partial charge in [0.05, 0.1) is 17.2 Å². The Morgan fingerprint density at radius 1 is 1.18 bits per heavy atom. The molecule has 2 bridgehead atoms. The number of amides is 2. The van der Waals surface area contributed by atoms with Crippen LogP contribution in [0.5, 0.6) is 5.75 Å². The summed E-state index contributed by atoms with van der Waals surface area (Å²) < 4.78 is 61.6. The Morgan fingerprint density at radius 3 is 2.47 bits per heavy atom. The van der Waals surface area contributed by atoms with Gasteiger partial charge in [-0.05, 0) is 50.7 Å². The largest absolute Gasteiger partial charge is 0.484 e. The molecule has 3 saturated carbocycles. The van der Waals surface area contributed by atoms with E-state index in [9.17, 15) is 32.3 Å². The lowest BCUT2D eigenvalue weighted by molar-refractivity contribution is -0.153. The second-order valence-corrected chi connectivity index (χ2v) is 9.06. The number of fused-ring (bicyclic) bond motifs is 3. The molecule has 0 aliphatic heterocycles. The molecule has 1 heterocycles. The minimum Gasteiger partial charge on any atom is -0.484 e. The zero-order chi connectivity index (χ0) is 24.7. The number of halogens is 4. The normalized spacial score (nSPS) is 26.2. The number of carbonyl (C=O) groups excluding carboxylic acids is 2. The molecule has 3 aliphatic rings. The smallest absolute Gasteiger partial charge is 0.449 e. The Labute approximate surface area is 192 Å². The third-order valence-corrected chi connectivity index (χ3v) is 6.74. The van der Waals surface area contributed by atoms with Crippen LogP contribution >= 0.6 is 0 Å². The summed E-state index contributed by atoms with van der Waals surface area (Å²) in [7, 11) is 0. The summed E-state index contributed by atoms with van der Waals surface area (Å²) in [5.74, 6) is -2.70. The van der Waals surface area contributed by atoms with Crippen LogP contribution in [-0.4, -0.2) is 40.7 Å². The Morgan fingerprint density at radius 2 is 1.88 bits per heavy atom. The molecular weight excluding hydrogens is 460 g/mol. The van der Waals surface area contributed by atoms with Crippen LogP contribution in [0.3, 0.4) is 0 Å². The average molecular weight is 484 g/mol. The van der Waals surface area contributed by atoms with E-state index in [1.165, 1.54) is 12.1 Å². The van der Waals surface area contributed by atoms with E-state index in [-0.39, 0.29) is 24.3 Å². The van der Waals surface area contributed by atoms with Crippen molar-refractivity contribution in [1.29, 1.82) is 0 Å². The fraction of sp³-hybridized carbons (Fsp3) is 0.478. The summed E-state index contributed by atoms with van der Waals surface area (Å²) in [6.07, 6.45) is -3.23. The van der Waals surface area contributed by atoms with Gasteiger partial charge in [-0.1, -0.05) is 6.07 Å². The molecule has 3 aliphatic carbocycles. The van der Waals surface area contributed by atoms with Crippen molar-refractivity contribution in [2.45, 2.75) is 62.4 Å². The van der Waals surface area contributed by atoms with Crippen LogP contribution in [0.4, 0.5) is 17.6 Å². The van der Waals surface area contributed by atoms with Crippen molar-refractivity contribution >= 4 is 11.8 Å². The molecular formula is C23H24F4N2O5. The summed E-state index contributed by atoms with van der Waals surface area (Å²) >= 11 is 0. The number of rotatable bonds is 6. The van der Waals surface area contributed by atoms with Gasteiger partial charge in [0.15, 0.2) is 6.61 Å². The van der Waals surface area contributed by atoms with Crippen molar-refractivity contribution in [2.24, 2.45) is 0 Å². The molecule has 3 N–H and O–H groups in total. The van der Waals surface area contributed by atoms with E-state index in [0.29, 0.717) is 37.3 Å². The molecule has 11 heteroatoms. The Kier molecular flexibility index (Phi) is 6.09. The molecule has 3 fully saturated rings. The highest BCUT2D eigenvalue weighted by Crippen LogP contribution is 2.47. The SMILES string of the molecule is Cc1ccc(OCC(=O)NC23CCC(NC(=O)c4coc(C(F)(F)F)c4)(CC2)CC3O)cc1F. The summed E-state index contributed by atoms with van der Waals surface area (Å²) in [6, 6.07) is 4.91. The standard InChI is InChI=1S/C23H24F4N2O5/c1-13-2-3-15(9-16(13)24)33-12-19(31)28-22-6-4-21(5-7-22,10-17(22)30)29-20(32)14-8-18(34-11-14)23(25,26)27/h2-3,8-9,11,17,30H,4-7,10,12H2,1H3,(H,28,31)(H,29,32). The van der Waals surface area contributed by atoms with Gasteiger partial charge < -0.3 is 24.9 Å². The van der Waals surface area contributed by atoms with Gasteiger partial charge in [-0.2, -0.15) is 13.2 Å². The number of carbonyl (C=O) groups is 2. The summed E-state index contributed by atoms with van der Waals surface area (Å²) in [6.45, 7) is 1.25. The van der Waals surface area contributed by atoms with Crippen molar-refractivity contribution in [1.82, 2.24) is 10.6 Å². The van der Waals surface area contributed by atoms with Gasteiger partial charge in [0.1, 0.15) is 17.8 Å². The Hall–Kier alpha value is -3.08. The average Bonchev–Trinajstić information content (AvgIpc) is 3.27. The van der Waals surface area contributed by atoms with E-state index < -0.39 is 46.7 Å². The third-order valence-electron chi connectivity index (χ3n) is 6.74. The second kappa shape index (κ2) is 8.61. The van der Waals surface area contributed by atoms with E-state index in [1.807, 2.05) is 0 Å². The molecule has 184 valence electrons. The first-order chi connectivity index (χ1) is 15.9. The van der Waals surface area contributed by atoms with Crippen LogP contribution in [0, 0.1) is 12.7 Å². The number of furan rings is 1. The zero-order valence-corrected chi connectivity index (χ0v) is 18.3. The predicted molar refractivity (Wildman–Crippen MR) is 111 cm³/mol. The van der Waals surface area contributed by atoms with Crippen LogP contribution in [0.25, 0.3) is 0 Å². The number of aliphatic hydroxyl groups is 1. The molecule has 1 aromatic carbocycles. The first-order valence-corrected chi connectivity index (χ1v) is 10.8. The van der Waals surface area contributed by atoms with Crippen molar-refractivity contribution in [2.75, 3.05) is 6.61 Å². The number of ether oxygens (including phenoxy) is 1. The molecule has 2 amide bonds. The van der Waals surface area contributed by atoms with Crippen LogP contribution in [0.15, 0.2) is 34.9 Å². The molecule has 0 radical (unpaired) electrons. The highest BCUT2D eigenvalue weighted by Gasteiger charge is 2.55. The quantitative estimate of drug-likeness (QED) is 0.545. The highest BCUT2D eigenvalue weighted by molar-refractivity contribution is 5.94. The van der Waals surface area contributed by atoms with E-state index in [0.717, 1.165) is 6.26 Å². The van der Waals surface area contributed by atoms with Crippen LogP contribution in [0.2, 0.25) is 0 Å². The molecule has 1 aromatic heterocycles. The van der Waals surface area contributed by atoms with Gasteiger partial charge in [0.2, 0.25) is 5.76 Å². The monoisotopic (exact) mass is 484 g/mol. The Balaban J connectivity index is 1.34. The number of alkyl halides is 3. The van der Waals surface area contributed by atoms with Crippen LogP contribution in [-0.2, 0) is 11.0 Å². The highest BCUT2D eigenvalue weighted by atomic mass is 19.4. The van der Waals surface area contributed by atoms with Gasteiger partial charge in [0.25, 0.3) is 11.8 Å². The summed E-state index contributed by atoms with van der Waals surface area (Å²) in [4.78, 5) is 25.0. The number of hydrogen-bond donors (Lipinski definition) is 3. The lowest BCUT2D eigenvalue weighted by Gasteiger charge is -2.56. The van der Waals surface area contributed by atoms with E-state index in [2.05, 4.69) is 15.1 Å². The van der Waals surface area contributed by atoms with E-state index in [1.54, 1.807) is 13.0 Å². The lowest BCUT2D eigenvalue weighted by Crippen LogP contribution is -2.70. The van der Waals surface area contributed by atoms with Crippen LogP contribution in [0.1, 0.15) is 53.8 Å². The molecule has 7 nitrogen and oxygen atoms in total. The number of nitrogens with one attached hydrogen (secondary N) is 2. The lowest BCUT2D eigenvalue weighted by atomic mass is 9.60. The van der Waals surface area contributed by atoms with E-state index in [4.69, 9.17) is 4.74 Å². The van der Waals surface area contributed by atoms with Crippen molar-refractivity contribution in [3.8, 4) is 5.75 Å². The zero-order valence-electron chi connectivity index (χ0n) is 18.3. The van der Waals surface area contributed by atoms with Gasteiger partial charge in [0, 0.05) is 17.7 Å². The molecule has 0 saturated heterocycles. The maximum atomic E-state index is 13.6. The minimum absolute atomic E-state index is 0.132. The molecule has 2 aromatic rings. The van der Waals surface area contributed by atoms with E-state index >= 15 is 0 Å². The Bertz CT molecular complexity index is 1090. The van der Waals surface area contributed by atoms with Crippen molar-refractivity contribution < 1.29 is 41.4 Å². The molecule has 1 atom stereocenters. The number of hydrogen-bond acceptors (Lipinski definition) is 5. The molecule has 5 rings (SSSR count). The second-order valence-electron chi connectivity index (χ2n) is 9.06. The maximum Gasteiger partial charge on any atom is 0.449 e. The molecule has 1 unspecified atom stereocenters. The first-order valence-electron chi connectivity index (χ1n) is 10.8. The van der Waals surface area contributed by atoms with Crippen LogP contribution < -0.4 is 15.4 Å². The summed E-state index contributed by atoms with van der Waals surface area (Å²) in [5, 5.41) is 16.4. The molecule has 34 heavy (non-hydrogen) atoms. The number of aryl methyl sites for hydroxylation is 1. The van der Waals surface area contributed by atoms with Gasteiger partial charge in [-0.25, -0.2) is 4.39 Å². The number of benzene rings is 1. The summed E-state index contributed by atoms with van der Waals surface area (Å²) in [5.41, 5.74) is -1.50. The predicted octanol–water partition coefficient (Wildman–Crippen LogP) is 3.49. The third kappa shape index (κ3) is 4.75. The first kappa shape index (κ1) is 24.1. The topological polar surface area (TPSA) is 101 Å². The molecule has 0 spiro atoms. The van der Waals surface area contributed by atoms with Gasteiger partial charge in [-0.15, -0.1) is 0 Å². The fourth-order valence-corrected chi connectivity index (χ4v) is 4.70. The van der Waals surface area contributed by atoms with Crippen molar-refractivity contribution in [3.05, 3.63) is 53.2 Å². The minimum atomic E-state index is -4.70. The maximum absolute atomic E-state index is 13.6. The fourth-order valence-electron chi connectivity index (χ4n) is 4.70. The number of aliphatic hydroxyl groups excluding tert-OH is 1. The van der Waals surface area contributed by atoms with Crippen molar-refractivity contribution in [3.63, 3.8) is 0 Å². The van der Waals surface area contributed by atoms with Gasteiger partial charge >= 0.3 is 6.18 Å². The van der Waals surface area contributed by atoms with Gasteiger partial charge in [-0.3, -0.25) is 9.59 Å².